The topological polar surface area (TPSA) is 12.0 Å². The molecule has 1 aliphatic rings. The van der Waals surface area contributed by atoms with Crippen molar-refractivity contribution in [3.63, 3.8) is 0 Å². The number of nitrogens with one attached hydrogen (secondary N) is 1. The lowest BCUT2D eigenvalue weighted by molar-refractivity contribution is 0.685. The summed E-state index contributed by atoms with van der Waals surface area (Å²) in [6, 6.07) is 2.73. The average molecular weight is 221 g/mol. The second kappa shape index (κ2) is 4.50. The van der Waals surface area contributed by atoms with Crippen molar-refractivity contribution >= 4 is 11.3 Å². The van der Waals surface area contributed by atoms with Crippen molar-refractivity contribution in [3.05, 3.63) is 33.5 Å². The van der Waals surface area contributed by atoms with Crippen molar-refractivity contribution in [3.8, 4) is 0 Å². The van der Waals surface area contributed by atoms with Gasteiger partial charge in [-0.25, -0.2) is 0 Å². The molecule has 0 spiro atoms. The number of rotatable bonds is 3. The van der Waals surface area contributed by atoms with E-state index in [-0.39, 0.29) is 0 Å². The Morgan fingerprint density at radius 1 is 1.47 bits per heavy atom. The maximum Gasteiger partial charge on any atom is 0.0622 e. The number of thiophene rings is 1. The van der Waals surface area contributed by atoms with Gasteiger partial charge in [0.15, 0.2) is 0 Å². The van der Waals surface area contributed by atoms with Crippen molar-refractivity contribution in [2.24, 2.45) is 0 Å². The molecule has 2 heteroatoms. The summed E-state index contributed by atoms with van der Waals surface area (Å²) in [7, 11) is 2.01. The van der Waals surface area contributed by atoms with Gasteiger partial charge < -0.3 is 5.32 Å². The molecule has 0 amide bonds. The van der Waals surface area contributed by atoms with E-state index < -0.39 is 0 Å². The molecule has 0 aromatic carbocycles. The molecule has 1 aromatic heterocycles. The maximum absolute atomic E-state index is 4.05. The number of likely N-dealkylation sites (N-methyl/N-ethyl adjacent to an activating group) is 1. The van der Waals surface area contributed by atoms with Crippen LogP contribution in [0.5, 0.6) is 0 Å². The second-order valence-corrected chi connectivity index (χ2v) is 5.54. The molecule has 2 rings (SSSR count). The summed E-state index contributed by atoms with van der Waals surface area (Å²) in [6.45, 7) is 6.15. The van der Waals surface area contributed by atoms with Crippen LogP contribution in [-0.4, -0.2) is 7.05 Å². The molecule has 0 radical (unpaired) electrons. The lowest BCUT2D eigenvalue weighted by atomic mass is 9.98. The number of aryl methyl sites for hydroxylation is 2. The van der Waals surface area contributed by atoms with Gasteiger partial charge in [0.05, 0.1) is 6.04 Å². The predicted molar refractivity (Wildman–Crippen MR) is 67.6 cm³/mol. The van der Waals surface area contributed by atoms with Crippen LogP contribution in [0.4, 0.5) is 0 Å². The highest BCUT2D eigenvalue weighted by Gasteiger charge is 2.18. The van der Waals surface area contributed by atoms with Crippen molar-refractivity contribution < 1.29 is 0 Å². The maximum atomic E-state index is 4.05. The van der Waals surface area contributed by atoms with Gasteiger partial charge in [-0.05, 0) is 51.3 Å². The van der Waals surface area contributed by atoms with Crippen LogP contribution in [0.1, 0.15) is 41.1 Å². The molecule has 82 valence electrons. The Bertz CT molecular complexity index is 341. The highest BCUT2D eigenvalue weighted by atomic mass is 32.1. The highest BCUT2D eigenvalue weighted by molar-refractivity contribution is 7.12. The molecular formula is C13H19NS. The minimum absolute atomic E-state index is 0.348. The molecule has 1 heterocycles. The zero-order valence-electron chi connectivity index (χ0n) is 9.60. The van der Waals surface area contributed by atoms with E-state index in [1.54, 1.807) is 10.4 Å². The third-order valence-electron chi connectivity index (χ3n) is 3.08. The van der Waals surface area contributed by atoms with Crippen molar-refractivity contribution in [2.75, 3.05) is 7.05 Å². The average Bonchev–Trinajstić information content (AvgIpc) is 2.61. The second-order valence-electron chi connectivity index (χ2n) is 4.37. The zero-order chi connectivity index (χ0) is 10.8. The molecule has 0 aliphatic heterocycles. The van der Waals surface area contributed by atoms with Gasteiger partial charge in [0.25, 0.3) is 0 Å². The fraction of sp³-hybridized carbons (Fsp3) is 0.538. The molecular weight excluding hydrogens is 202 g/mol. The summed E-state index contributed by atoms with van der Waals surface area (Å²) in [6.07, 6.45) is 5.29. The molecule has 1 aromatic rings. The van der Waals surface area contributed by atoms with Crippen LogP contribution < -0.4 is 5.32 Å². The molecule has 0 fully saturated rings. The summed E-state index contributed by atoms with van der Waals surface area (Å²) < 4.78 is 0. The third kappa shape index (κ3) is 2.16. The van der Waals surface area contributed by atoms with E-state index >= 15 is 0 Å². The fourth-order valence-corrected chi connectivity index (χ4v) is 3.75. The molecule has 1 atom stereocenters. The molecule has 0 saturated carbocycles. The summed E-state index contributed by atoms with van der Waals surface area (Å²) in [5, 5.41) is 3.34. The first-order valence-electron chi connectivity index (χ1n) is 5.66. The van der Waals surface area contributed by atoms with E-state index in [0.717, 1.165) is 0 Å². The van der Waals surface area contributed by atoms with Crippen molar-refractivity contribution in [2.45, 2.75) is 38.6 Å². The van der Waals surface area contributed by atoms with Gasteiger partial charge in [0.2, 0.25) is 0 Å². The lowest BCUT2D eigenvalue weighted by Crippen LogP contribution is -2.15. The Labute approximate surface area is 96.2 Å². The molecule has 0 bridgehead atoms. The van der Waals surface area contributed by atoms with Crippen LogP contribution in [0.3, 0.4) is 0 Å². The lowest BCUT2D eigenvalue weighted by Gasteiger charge is -2.13. The summed E-state index contributed by atoms with van der Waals surface area (Å²) in [5.41, 5.74) is 2.79. The monoisotopic (exact) mass is 221 g/mol. The largest absolute Gasteiger partial charge is 0.309 e. The number of hydrogen-bond donors (Lipinski definition) is 1. The minimum atomic E-state index is 0.348. The molecule has 0 saturated heterocycles. The van der Waals surface area contributed by atoms with Crippen molar-refractivity contribution in [1.82, 2.24) is 5.32 Å². The minimum Gasteiger partial charge on any atom is -0.309 e. The number of hydrogen-bond acceptors (Lipinski definition) is 2. The van der Waals surface area contributed by atoms with Gasteiger partial charge in [0.1, 0.15) is 0 Å². The summed E-state index contributed by atoms with van der Waals surface area (Å²) in [5.74, 6) is 0. The Morgan fingerprint density at radius 3 is 2.80 bits per heavy atom. The van der Waals surface area contributed by atoms with Gasteiger partial charge in [-0.3, -0.25) is 0 Å². The SMILES string of the molecule is C=C(C)C(NC)c1cc2c(s1)CCCC2. The zero-order valence-corrected chi connectivity index (χ0v) is 10.4. The van der Waals surface area contributed by atoms with Crippen LogP contribution in [0.25, 0.3) is 0 Å². The first-order chi connectivity index (χ1) is 7.22. The van der Waals surface area contributed by atoms with Crippen LogP contribution >= 0.6 is 11.3 Å². The van der Waals surface area contributed by atoms with Gasteiger partial charge in [-0.1, -0.05) is 12.2 Å². The Morgan fingerprint density at radius 2 is 2.20 bits per heavy atom. The van der Waals surface area contributed by atoms with Crippen LogP contribution in [0, 0.1) is 0 Å². The summed E-state index contributed by atoms with van der Waals surface area (Å²) in [4.78, 5) is 3.05. The molecule has 1 nitrogen and oxygen atoms in total. The predicted octanol–water partition coefficient (Wildman–Crippen LogP) is 3.46. The van der Waals surface area contributed by atoms with Crippen molar-refractivity contribution in [1.29, 1.82) is 0 Å². The van der Waals surface area contributed by atoms with Crippen LogP contribution in [0.2, 0.25) is 0 Å². The van der Waals surface area contributed by atoms with Crippen LogP contribution in [0.15, 0.2) is 18.2 Å². The third-order valence-corrected chi connectivity index (χ3v) is 4.38. The van der Waals surface area contributed by atoms with Crippen LogP contribution in [-0.2, 0) is 12.8 Å². The van der Waals surface area contributed by atoms with E-state index in [0.29, 0.717) is 6.04 Å². The van der Waals surface area contributed by atoms with E-state index in [4.69, 9.17) is 0 Å². The normalized spacial score (nSPS) is 17.2. The van der Waals surface area contributed by atoms with Gasteiger partial charge in [0, 0.05) is 9.75 Å². The molecule has 1 unspecified atom stereocenters. The first-order valence-corrected chi connectivity index (χ1v) is 6.48. The Hall–Kier alpha value is -0.600. The van der Waals surface area contributed by atoms with E-state index in [2.05, 4.69) is 24.9 Å². The van der Waals surface area contributed by atoms with E-state index in [9.17, 15) is 0 Å². The van der Waals surface area contributed by atoms with Gasteiger partial charge in [-0.2, -0.15) is 0 Å². The standard InChI is InChI=1S/C13H19NS/c1-9(2)13(14-3)12-8-10-6-4-5-7-11(10)15-12/h8,13-14H,1,4-7H2,2-3H3. The van der Waals surface area contributed by atoms with Gasteiger partial charge in [-0.15, -0.1) is 11.3 Å². The summed E-state index contributed by atoms with van der Waals surface area (Å²) >= 11 is 1.97. The van der Waals surface area contributed by atoms with Gasteiger partial charge >= 0.3 is 0 Å². The molecule has 1 N–H and O–H groups in total. The quantitative estimate of drug-likeness (QED) is 0.771. The fourth-order valence-electron chi connectivity index (χ4n) is 2.29. The smallest absolute Gasteiger partial charge is 0.0622 e. The first kappa shape index (κ1) is 10.9. The Kier molecular flexibility index (Phi) is 3.27. The van der Waals surface area contributed by atoms with E-state index in [1.165, 1.54) is 36.1 Å². The Balaban J connectivity index is 2.28. The van der Waals surface area contributed by atoms with E-state index in [1.807, 2.05) is 18.4 Å². The highest BCUT2D eigenvalue weighted by Crippen LogP contribution is 2.34. The molecule has 1 aliphatic carbocycles. The number of fused-ring (bicyclic) bond motifs is 1. The molecule has 15 heavy (non-hydrogen) atoms.